The van der Waals surface area contributed by atoms with Gasteiger partial charge in [-0.25, -0.2) is 0 Å². The molecule has 9 heteroatoms. The van der Waals surface area contributed by atoms with Gasteiger partial charge >= 0.3 is 0 Å². The average Bonchev–Trinajstić information content (AvgIpc) is 2.78. The predicted molar refractivity (Wildman–Crippen MR) is 136 cm³/mol. The SMILES string of the molecule is N[C@@H](CS)C(=O)Nc1ccc(NC(=O)Cc2cc(Cl)cc(Cl)c2)c(C(=O)c2ccccc2)c1. The first kappa shape index (κ1) is 24.8. The van der Waals surface area contributed by atoms with Crippen LogP contribution in [0.5, 0.6) is 0 Å². The van der Waals surface area contributed by atoms with Crippen molar-refractivity contribution in [3.8, 4) is 0 Å². The summed E-state index contributed by atoms with van der Waals surface area (Å²) in [6.07, 6.45) is 0.00847. The maximum Gasteiger partial charge on any atom is 0.242 e. The van der Waals surface area contributed by atoms with Gasteiger partial charge in [-0.2, -0.15) is 12.6 Å². The van der Waals surface area contributed by atoms with E-state index >= 15 is 0 Å². The topological polar surface area (TPSA) is 101 Å². The summed E-state index contributed by atoms with van der Waals surface area (Å²) in [4.78, 5) is 38.0. The van der Waals surface area contributed by atoms with Crippen molar-refractivity contribution in [1.29, 1.82) is 0 Å². The van der Waals surface area contributed by atoms with Crippen LogP contribution in [-0.4, -0.2) is 29.4 Å². The summed E-state index contributed by atoms with van der Waals surface area (Å²) in [6.45, 7) is 0. The number of halogens is 2. The van der Waals surface area contributed by atoms with Gasteiger partial charge in [-0.05, 0) is 42.0 Å². The van der Waals surface area contributed by atoms with Crippen LogP contribution in [0, 0.1) is 0 Å². The monoisotopic (exact) mass is 501 g/mol. The van der Waals surface area contributed by atoms with Gasteiger partial charge in [0, 0.05) is 32.6 Å². The van der Waals surface area contributed by atoms with Gasteiger partial charge in [0.05, 0.1) is 18.2 Å². The number of ketones is 1. The van der Waals surface area contributed by atoms with Crippen LogP contribution in [0.25, 0.3) is 0 Å². The van der Waals surface area contributed by atoms with Crippen LogP contribution >= 0.6 is 35.8 Å². The number of amides is 2. The van der Waals surface area contributed by atoms with Crippen molar-refractivity contribution >= 4 is 64.8 Å². The number of carbonyl (C=O) groups is 3. The molecule has 170 valence electrons. The maximum absolute atomic E-state index is 13.2. The third-order valence-electron chi connectivity index (χ3n) is 4.66. The number of carbonyl (C=O) groups excluding carboxylic acids is 3. The fourth-order valence-electron chi connectivity index (χ4n) is 3.07. The molecule has 0 aromatic heterocycles. The lowest BCUT2D eigenvalue weighted by atomic mass is 10.0. The van der Waals surface area contributed by atoms with Gasteiger partial charge < -0.3 is 16.4 Å². The fourth-order valence-corrected chi connectivity index (χ4v) is 3.81. The van der Waals surface area contributed by atoms with E-state index in [0.29, 0.717) is 32.5 Å². The van der Waals surface area contributed by atoms with Crippen molar-refractivity contribution in [2.75, 3.05) is 16.4 Å². The minimum atomic E-state index is -0.800. The fraction of sp³-hybridized carbons (Fsp3) is 0.125. The summed E-state index contributed by atoms with van der Waals surface area (Å²) in [5.41, 5.74) is 7.67. The van der Waals surface area contributed by atoms with E-state index < -0.39 is 11.9 Å². The average molecular weight is 502 g/mol. The highest BCUT2D eigenvalue weighted by Crippen LogP contribution is 2.25. The second-order valence-electron chi connectivity index (χ2n) is 7.24. The van der Waals surface area contributed by atoms with E-state index in [1.807, 2.05) is 0 Å². The van der Waals surface area contributed by atoms with Crippen LogP contribution in [0.1, 0.15) is 21.5 Å². The molecule has 0 radical (unpaired) electrons. The Balaban J connectivity index is 1.89. The molecular formula is C24H21Cl2N3O3S. The second-order valence-corrected chi connectivity index (χ2v) is 8.47. The summed E-state index contributed by atoms with van der Waals surface area (Å²) < 4.78 is 0. The molecule has 0 heterocycles. The molecule has 2 amide bonds. The Morgan fingerprint density at radius 2 is 1.58 bits per heavy atom. The molecule has 4 N–H and O–H groups in total. The third kappa shape index (κ3) is 6.82. The van der Waals surface area contributed by atoms with Gasteiger partial charge in [-0.3, -0.25) is 14.4 Å². The quantitative estimate of drug-likeness (QED) is 0.267. The first-order chi connectivity index (χ1) is 15.8. The van der Waals surface area contributed by atoms with Gasteiger partial charge in [0.1, 0.15) is 0 Å². The molecule has 3 aromatic rings. The number of thiol groups is 1. The number of benzene rings is 3. The minimum absolute atomic E-state index is 0.00847. The Labute approximate surface area is 206 Å². The van der Waals surface area contributed by atoms with E-state index in [0.717, 1.165) is 0 Å². The zero-order valence-corrected chi connectivity index (χ0v) is 19.8. The maximum atomic E-state index is 13.2. The molecule has 1 atom stereocenters. The summed E-state index contributed by atoms with van der Waals surface area (Å²) in [5, 5.41) is 6.27. The van der Waals surface area contributed by atoms with Crippen LogP contribution in [0.4, 0.5) is 11.4 Å². The van der Waals surface area contributed by atoms with E-state index in [1.54, 1.807) is 60.7 Å². The number of nitrogens with two attached hydrogens (primary N) is 1. The van der Waals surface area contributed by atoms with Crippen molar-refractivity contribution in [1.82, 2.24) is 0 Å². The van der Waals surface area contributed by atoms with Crippen molar-refractivity contribution in [3.63, 3.8) is 0 Å². The number of anilines is 2. The molecule has 3 rings (SSSR count). The molecule has 0 saturated carbocycles. The molecule has 0 spiro atoms. The van der Waals surface area contributed by atoms with Crippen LogP contribution in [0.2, 0.25) is 10.0 Å². The summed E-state index contributed by atoms with van der Waals surface area (Å²) in [5.74, 6) is -0.933. The molecule has 6 nitrogen and oxygen atoms in total. The molecular weight excluding hydrogens is 481 g/mol. The Hall–Kier alpha value is -2.84. The standard InChI is InChI=1S/C24H21Cl2N3O3S/c25-16-8-14(9-17(26)11-16)10-22(30)29-21-7-6-18(28-24(32)20(27)13-33)12-19(21)23(31)15-4-2-1-3-5-15/h1-9,11-12,20,33H,10,13,27H2,(H,28,32)(H,29,30)/t20-/m0/s1. The number of hydrogen-bond acceptors (Lipinski definition) is 5. The van der Waals surface area contributed by atoms with Crippen LogP contribution in [-0.2, 0) is 16.0 Å². The lowest BCUT2D eigenvalue weighted by molar-refractivity contribution is -0.117. The minimum Gasteiger partial charge on any atom is -0.325 e. The Morgan fingerprint density at radius 3 is 2.21 bits per heavy atom. The van der Waals surface area contributed by atoms with E-state index in [1.165, 1.54) is 6.07 Å². The molecule has 0 aliphatic heterocycles. The molecule has 0 aliphatic carbocycles. The van der Waals surface area contributed by atoms with Crippen molar-refractivity contribution < 1.29 is 14.4 Å². The Bertz CT molecular complexity index is 1170. The smallest absolute Gasteiger partial charge is 0.242 e. The van der Waals surface area contributed by atoms with E-state index in [-0.39, 0.29) is 29.4 Å². The summed E-state index contributed by atoms with van der Waals surface area (Å²) >= 11 is 16.0. The van der Waals surface area contributed by atoms with E-state index in [9.17, 15) is 14.4 Å². The number of hydrogen-bond donors (Lipinski definition) is 4. The van der Waals surface area contributed by atoms with Gasteiger partial charge in [-0.15, -0.1) is 0 Å². The van der Waals surface area contributed by atoms with Gasteiger partial charge in [-0.1, -0.05) is 53.5 Å². The Kier molecular flexibility index (Phi) is 8.52. The van der Waals surface area contributed by atoms with Gasteiger partial charge in [0.2, 0.25) is 11.8 Å². The molecule has 0 unspecified atom stereocenters. The van der Waals surface area contributed by atoms with Crippen molar-refractivity contribution in [2.45, 2.75) is 12.5 Å². The van der Waals surface area contributed by atoms with Crippen molar-refractivity contribution in [2.24, 2.45) is 5.73 Å². The van der Waals surface area contributed by atoms with Crippen molar-refractivity contribution in [3.05, 3.63) is 93.5 Å². The Morgan fingerprint density at radius 1 is 0.909 bits per heavy atom. The summed E-state index contributed by atoms with van der Waals surface area (Å²) in [7, 11) is 0. The lowest BCUT2D eigenvalue weighted by Crippen LogP contribution is -2.37. The molecule has 3 aromatic carbocycles. The normalized spacial score (nSPS) is 11.5. The molecule has 0 fully saturated rings. The van der Waals surface area contributed by atoms with Gasteiger partial charge in [0.15, 0.2) is 5.78 Å². The molecule has 33 heavy (non-hydrogen) atoms. The highest BCUT2D eigenvalue weighted by atomic mass is 35.5. The van der Waals surface area contributed by atoms with Crippen LogP contribution in [0.3, 0.4) is 0 Å². The van der Waals surface area contributed by atoms with E-state index in [2.05, 4.69) is 23.3 Å². The zero-order chi connectivity index (χ0) is 24.0. The first-order valence-electron chi connectivity index (χ1n) is 9.92. The number of nitrogens with one attached hydrogen (secondary N) is 2. The van der Waals surface area contributed by atoms with Crippen LogP contribution in [0.15, 0.2) is 66.7 Å². The second kappa shape index (κ2) is 11.3. The van der Waals surface area contributed by atoms with Gasteiger partial charge in [0.25, 0.3) is 0 Å². The summed E-state index contributed by atoms with van der Waals surface area (Å²) in [6, 6.07) is 17.3. The first-order valence-corrected chi connectivity index (χ1v) is 11.3. The highest BCUT2D eigenvalue weighted by Gasteiger charge is 2.18. The van der Waals surface area contributed by atoms with Crippen LogP contribution < -0.4 is 16.4 Å². The largest absolute Gasteiger partial charge is 0.325 e. The third-order valence-corrected chi connectivity index (χ3v) is 5.49. The zero-order valence-electron chi connectivity index (χ0n) is 17.3. The molecule has 0 saturated heterocycles. The van der Waals surface area contributed by atoms with E-state index in [4.69, 9.17) is 28.9 Å². The molecule has 0 bridgehead atoms. The highest BCUT2D eigenvalue weighted by molar-refractivity contribution is 7.80. The molecule has 0 aliphatic rings. The lowest BCUT2D eigenvalue weighted by Gasteiger charge is -2.15. The predicted octanol–water partition coefficient (Wildman–Crippen LogP) is 4.60. The number of rotatable bonds is 8.